The van der Waals surface area contributed by atoms with Crippen LogP contribution in [0.4, 0.5) is 0 Å². The summed E-state index contributed by atoms with van der Waals surface area (Å²) in [4.78, 5) is 10.3. The van der Waals surface area contributed by atoms with Crippen molar-refractivity contribution in [3.05, 3.63) is 0 Å². The summed E-state index contributed by atoms with van der Waals surface area (Å²) in [7, 11) is -3.49. The zero-order valence-corrected chi connectivity index (χ0v) is 6.76. The number of hydrogen-bond donors (Lipinski definition) is 3. The third kappa shape index (κ3) is 4.71. The molecule has 0 spiro atoms. The molecule has 6 nitrogen and oxygen atoms in total. The van der Waals surface area contributed by atoms with E-state index < -0.39 is 28.6 Å². The summed E-state index contributed by atoms with van der Waals surface area (Å²) in [6.07, 6.45) is 0.874. The lowest BCUT2D eigenvalue weighted by Gasteiger charge is -2.09. The first kappa shape index (κ1) is 10.3. The topological polar surface area (TPSA) is 109 Å². The number of amides is 1. The van der Waals surface area contributed by atoms with Gasteiger partial charge in [-0.2, -0.15) is 0 Å². The molecule has 0 rings (SSSR count). The minimum Gasteiger partial charge on any atom is -0.394 e. The van der Waals surface area contributed by atoms with Gasteiger partial charge in [-0.3, -0.25) is 4.79 Å². The first-order valence-corrected chi connectivity index (χ1v) is 4.63. The van der Waals surface area contributed by atoms with Gasteiger partial charge in [0.2, 0.25) is 15.9 Å². The van der Waals surface area contributed by atoms with Gasteiger partial charge in [-0.1, -0.05) is 0 Å². The molecule has 7 heteroatoms. The second-order valence-electron chi connectivity index (χ2n) is 2.03. The second-order valence-corrected chi connectivity index (χ2v) is 3.81. The molecule has 0 fully saturated rings. The van der Waals surface area contributed by atoms with Gasteiger partial charge in [0.25, 0.3) is 0 Å². The predicted molar refractivity (Wildman–Crippen MR) is 38.0 cm³/mol. The van der Waals surface area contributed by atoms with Crippen LogP contribution in [-0.4, -0.2) is 38.3 Å². The van der Waals surface area contributed by atoms with Crippen molar-refractivity contribution in [2.24, 2.45) is 5.73 Å². The van der Waals surface area contributed by atoms with E-state index in [-0.39, 0.29) is 0 Å². The Bertz CT molecular complexity index is 234. The number of aliphatic hydroxyl groups is 1. The minimum atomic E-state index is -3.49. The second kappa shape index (κ2) is 3.65. The molecule has 66 valence electrons. The largest absolute Gasteiger partial charge is 0.394 e. The number of sulfonamides is 1. The van der Waals surface area contributed by atoms with Crippen molar-refractivity contribution in [3.8, 4) is 0 Å². The van der Waals surface area contributed by atoms with Crippen LogP contribution in [0.5, 0.6) is 0 Å². The molecule has 0 heterocycles. The highest BCUT2D eigenvalue weighted by Crippen LogP contribution is 1.83. The van der Waals surface area contributed by atoms with E-state index in [1.165, 1.54) is 0 Å². The molecular formula is C4H10N2O4S. The maximum atomic E-state index is 10.5. The Balaban J connectivity index is 4.22. The third-order valence-electron chi connectivity index (χ3n) is 0.882. The molecular weight excluding hydrogens is 172 g/mol. The van der Waals surface area contributed by atoms with Crippen LogP contribution in [0.25, 0.3) is 0 Å². The lowest BCUT2D eigenvalue weighted by atomic mass is 10.3. The summed E-state index contributed by atoms with van der Waals surface area (Å²) in [6.45, 7) is -0.637. The summed E-state index contributed by atoms with van der Waals surface area (Å²) >= 11 is 0. The predicted octanol–water partition coefficient (Wildman–Crippen LogP) is -2.62. The van der Waals surface area contributed by atoms with Crippen molar-refractivity contribution >= 4 is 15.9 Å². The fraction of sp³-hybridized carbons (Fsp3) is 0.750. The Morgan fingerprint density at radius 2 is 2.18 bits per heavy atom. The monoisotopic (exact) mass is 182 g/mol. The molecule has 0 aliphatic carbocycles. The Labute approximate surface area is 64.4 Å². The maximum Gasteiger partial charge on any atom is 0.237 e. The van der Waals surface area contributed by atoms with Gasteiger partial charge in [-0.25, -0.2) is 13.1 Å². The molecule has 0 aliphatic rings. The van der Waals surface area contributed by atoms with Gasteiger partial charge in [-0.05, 0) is 0 Å². The molecule has 11 heavy (non-hydrogen) atoms. The van der Waals surface area contributed by atoms with Crippen LogP contribution in [0, 0.1) is 0 Å². The molecule has 0 aromatic heterocycles. The van der Waals surface area contributed by atoms with Crippen LogP contribution in [0.2, 0.25) is 0 Å². The maximum absolute atomic E-state index is 10.5. The average molecular weight is 182 g/mol. The molecule has 0 saturated carbocycles. The normalized spacial score (nSPS) is 14.4. The fourth-order valence-corrected chi connectivity index (χ4v) is 1.15. The van der Waals surface area contributed by atoms with Crippen LogP contribution in [0.15, 0.2) is 0 Å². The van der Waals surface area contributed by atoms with Crippen molar-refractivity contribution in [1.82, 2.24) is 4.72 Å². The number of carbonyl (C=O) groups is 1. The molecule has 1 atom stereocenters. The van der Waals surface area contributed by atoms with Gasteiger partial charge < -0.3 is 10.8 Å². The Morgan fingerprint density at radius 1 is 1.73 bits per heavy atom. The molecule has 0 aromatic rings. The van der Waals surface area contributed by atoms with E-state index in [2.05, 4.69) is 0 Å². The zero-order valence-electron chi connectivity index (χ0n) is 5.94. The van der Waals surface area contributed by atoms with E-state index in [0.29, 0.717) is 0 Å². The SMILES string of the molecule is CS(=O)(=O)N[C@@H](CO)C(N)=O. The van der Waals surface area contributed by atoms with Crippen LogP contribution in [0.1, 0.15) is 0 Å². The van der Waals surface area contributed by atoms with E-state index in [0.717, 1.165) is 6.26 Å². The molecule has 0 bridgehead atoms. The Hall–Kier alpha value is -0.660. The van der Waals surface area contributed by atoms with E-state index in [9.17, 15) is 13.2 Å². The smallest absolute Gasteiger partial charge is 0.237 e. The van der Waals surface area contributed by atoms with Gasteiger partial charge >= 0.3 is 0 Å². The lowest BCUT2D eigenvalue weighted by Crippen LogP contribution is -2.46. The highest BCUT2D eigenvalue weighted by molar-refractivity contribution is 7.88. The number of primary amides is 1. The van der Waals surface area contributed by atoms with Crippen LogP contribution >= 0.6 is 0 Å². The van der Waals surface area contributed by atoms with Gasteiger partial charge in [0.15, 0.2) is 0 Å². The van der Waals surface area contributed by atoms with Gasteiger partial charge in [0.1, 0.15) is 6.04 Å². The van der Waals surface area contributed by atoms with E-state index in [1.54, 1.807) is 0 Å². The van der Waals surface area contributed by atoms with Crippen LogP contribution in [0.3, 0.4) is 0 Å². The third-order valence-corrected chi connectivity index (χ3v) is 1.60. The standard InChI is InChI=1S/C4H10N2O4S/c1-11(9,10)6-3(2-7)4(5)8/h3,6-7H,2H2,1H3,(H2,5,8)/t3-/m0/s1. The highest BCUT2D eigenvalue weighted by atomic mass is 32.2. The Morgan fingerprint density at radius 3 is 2.27 bits per heavy atom. The number of nitrogens with one attached hydrogen (secondary N) is 1. The van der Waals surface area contributed by atoms with Gasteiger partial charge in [-0.15, -0.1) is 0 Å². The quantitative estimate of drug-likeness (QED) is 0.442. The van der Waals surface area contributed by atoms with Crippen molar-refractivity contribution in [3.63, 3.8) is 0 Å². The van der Waals surface area contributed by atoms with Crippen molar-refractivity contribution < 1.29 is 18.3 Å². The van der Waals surface area contributed by atoms with E-state index in [1.807, 2.05) is 4.72 Å². The number of hydrogen-bond acceptors (Lipinski definition) is 4. The summed E-state index contributed by atoms with van der Waals surface area (Å²) in [6, 6.07) is -1.23. The molecule has 0 unspecified atom stereocenters. The molecule has 0 radical (unpaired) electrons. The first-order valence-electron chi connectivity index (χ1n) is 2.74. The van der Waals surface area contributed by atoms with Crippen LogP contribution in [-0.2, 0) is 14.8 Å². The van der Waals surface area contributed by atoms with Crippen molar-refractivity contribution in [2.45, 2.75) is 6.04 Å². The number of carbonyl (C=O) groups excluding carboxylic acids is 1. The fourth-order valence-electron chi connectivity index (χ4n) is 0.444. The lowest BCUT2D eigenvalue weighted by molar-refractivity contribution is -0.120. The minimum absolute atomic E-state index is 0.637. The molecule has 0 saturated heterocycles. The summed E-state index contributed by atoms with van der Waals surface area (Å²) < 4.78 is 22.8. The first-order chi connectivity index (χ1) is 4.87. The number of nitrogens with two attached hydrogens (primary N) is 1. The molecule has 4 N–H and O–H groups in total. The van der Waals surface area contributed by atoms with Crippen LogP contribution < -0.4 is 10.5 Å². The summed E-state index contributed by atoms with van der Waals surface area (Å²) in [5.41, 5.74) is 4.73. The van der Waals surface area contributed by atoms with Gasteiger partial charge in [0, 0.05) is 0 Å². The average Bonchev–Trinajstić information content (AvgIpc) is 1.80. The Kier molecular flexibility index (Phi) is 3.43. The molecule has 1 amide bonds. The highest BCUT2D eigenvalue weighted by Gasteiger charge is 2.17. The van der Waals surface area contributed by atoms with Gasteiger partial charge in [0.05, 0.1) is 12.9 Å². The van der Waals surface area contributed by atoms with Crippen molar-refractivity contribution in [1.29, 1.82) is 0 Å². The number of aliphatic hydroxyl groups excluding tert-OH is 1. The molecule has 0 aromatic carbocycles. The zero-order chi connectivity index (χ0) is 9.07. The summed E-state index contributed by atoms with van der Waals surface area (Å²) in [5, 5.41) is 8.43. The van der Waals surface area contributed by atoms with Crippen molar-refractivity contribution in [2.75, 3.05) is 12.9 Å². The van der Waals surface area contributed by atoms with E-state index >= 15 is 0 Å². The van der Waals surface area contributed by atoms with E-state index in [4.69, 9.17) is 10.8 Å². The number of rotatable bonds is 4. The summed E-state index contributed by atoms with van der Waals surface area (Å²) in [5.74, 6) is -0.905. The molecule has 0 aliphatic heterocycles.